The first-order valence-electron chi connectivity index (χ1n) is 6.04. The van der Waals surface area contributed by atoms with E-state index in [1.165, 1.54) is 6.26 Å². The highest BCUT2D eigenvalue weighted by atomic mass is 16.4. The molecule has 0 aliphatic rings. The van der Waals surface area contributed by atoms with Gasteiger partial charge in [-0.3, -0.25) is 9.59 Å². The van der Waals surface area contributed by atoms with Crippen LogP contribution in [0.15, 0.2) is 16.7 Å². The number of nitrogens with one attached hydrogen (secondary N) is 1. The molecular formula is C13H19NO4. The van der Waals surface area contributed by atoms with Gasteiger partial charge in [0.25, 0.3) is 5.91 Å². The van der Waals surface area contributed by atoms with Gasteiger partial charge in [0.2, 0.25) is 0 Å². The second kappa shape index (κ2) is 6.83. The predicted molar refractivity (Wildman–Crippen MR) is 66.4 cm³/mol. The first-order valence-corrected chi connectivity index (χ1v) is 6.04. The van der Waals surface area contributed by atoms with E-state index in [0.29, 0.717) is 24.3 Å². The SMILES string of the molecule is Cc1occc1C(=O)NCCC(C)CCC(=O)O. The van der Waals surface area contributed by atoms with Crippen molar-refractivity contribution in [2.24, 2.45) is 5.92 Å². The average Bonchev–Trinajstić information content (AvgIpc) is 2.72. The van der Waals surface area contributed by atoms with E-state index in [0.717, 1.165) is 6.42 Å². The van der Waals surface area contributed by atoms with E-state index < -0.39 is 5.97 Å². The number of amides is 1. The average molecular weight is 253 g/mol. The number of furan rings is 1. The molecule has 1 heterocycles. The lowest BCUT2D eigenvalue weighted by Gasteiger charge is -2.10. The maximum atomic E-state index is 11.7. The van der Waals surface area contributed by atoms with Gasteiger partial charge in [0, 0.05) is 13.0 Å². The van der Waals surface area contributed by atoms with Crippen molar-refractivity contribution in [3.63, 3.8) is 0 Å². The summed E-state index contributed by atoms with van der Waals surface area (Å²) in [7, 11) is 0. The number of aliphatic carboxylic acids is 1. The van der Waals surface area contributed by atoms with E-state index in [-0.39, 0.29) is 18.2 Å². The lowest BCUT2D eigenvalue weighted by atomic mass is 10.0. The lowest BCUT2D eigenvalue weighted by molar-refractivity contribution is -0.137. The zero-order chi connectivity index (χ0) is 13.5. The summed E-state index contributed by atoms with van der Waals surface area (Å²) in [5.41, 5.74) is 0.549. The molecule has 0 bridgehead atoms. The van der Waals surface area contributed by atoms with Crippen molar-refractivity contribution >= 4 is 11.9 Å². The highest BCUT2D eigenvalue weighted by Crippen LogP contribution is 2.11. The van der Waals surface area contributed by atoms with Crippen molar-refractivity contribution in [3.05, 3.63) is 23.7 Å². The van der Waals surface area contributed by atoms with Crippen molar-refractivity contribution in [1.82, 2.24) is 5.32 Å². The van der Waals surface area contributed by atoms with Crippen LogP contribution in [0.4, 0.5) is 0 Å². The van der Waals surface area contributed by atoms with Gasteiger partial charge in [0.15, 0.2) is 0 Å². The predicted octanol–water partition coefficient (Wildman–Crippen LogP) is 2.21. The minimum absolute atomic E-state index is 0.147. The largest absolute Gasteiger partial charge is 0.481 e. The Morgan fingerprint density at radius 3 is 2.72 bits per heavy atom. The summed E-state index contributed by atoms with van der Waals surface area (Å²) in [6.45, 7) is 4.27. The van der Waals surface area contributed by atoms with Gasteiger partial charge in [-0.2, -0.15) is 0 Å². The zero-order valence-corrected chi connectivity index (χ0v) is 10.7. The third kappa shape index (κ3) is 4.61. The molecule has 0 spiro atoms. The summed E-state index contributed by atoms with van der Waals surface area (Å²) < 4.78 is 5.05. The van der Waals surface area contributed by atoms with Crippen molar-refractivity contribution in [2.75, 3.05) is 6.54 Å². The van der Waals surface area contributed by atoms with Crippen LogP contribution in [0.1, 0.15) is 42.3 Å². The molecule has 0 aliphatic carbocycles. The van der Waals surface area contributed by atoms with E-state index in [4.69, 9.17) is 9.52 Å². The Morgan fingerprint density at radius 1 is 1.44 bits per heavy atom. The highest BCUT2D eigenvalue weighted by molar-refractivity contribution is 5.94. The monoisotopic (exact) mass is 253 g/mol. The molecule has 5 nitrogen and oxygen atoms in total. The van der Waals surface area contributed by atoms with Gasteiger partial charge >= 0.3 is 5.97 Å². The number of hydrogen-bond acceptors (Lipinski definition) is 3. The number of rotatable bonds is 7. The molecule has 5 heteroatoms. The number of aryl methyl sites for hydroxylation is 1. The van der Waals surface area contributed by atoms with Gasteiger partial charge in [0.1, 0.15) is 5.76 Å². The quantitative estimate of drug-likeness (QED) is 0.780. The van der Waals surface area contributed by atoms with E-state index >= 15 is 0 Å². The molecule has 1 rings (SSSR count). The minimum atomic E-state index is -0.778. The van der Waals surface area contributed by atoms with Crippen LogP contribution >= 0.6 is 0 Å². The summed E-state index contributed by atoms with van der Waals surface area (Å²) in [4.78, 5) is 22.1. The van der Waals surface area contributed by atoms with Crippen molar-refractivity contribution in [2.45, 2.75) is 33.1 Å². The Bertz CT molecular complexity index is 411. The zero-order valence-electron chi connectivity index (χ0n) is 10.7. The molecule has 0 aromatic carbocycles. The normalized spacial score (nSPS) is 12.1. The van der Waals surface area contributed by atoms with Crippen LogP contribution in [0, 0.1) is 12.8 Å². The van der Waals surface area contributed by atoms with Gasteiger partial charge in [-0.15, -0.1) is 0 Å². The number of hydrogen-bond donors (Lipinski definition) is 2. The molecule has 1 aromatic heterocycles. The first-order chi connectivity index (χ1) is 8.50. The molecule has 0 saturated heterocycles. The summed E-state index contributed by atoms with van der Waals surface area (Å²) in [6.07, 6.45) is 3.07. The molecule has 0 radical (unpaired) electrons. The third-order valence-electron chi connectivity index (χ3n) is 2.88. The summed E-state index contributed by atoms with van der Waals surface area (Å²) in [5, 5.41) is 11.3. The molecular weight excluding hydrogens is 234 g/mol. The van der Waals surface area contributed by atoms with E-state index in [9.17, 15) is 9.59 Å². The molecule has 0 aliphatic heterocycles. The van der Waals surface area contributed by atoms with E-state index in [1.54, 1.807) is 13.0 Å². The van der Waals surface area contributed by atoms with Gasteiger partial charge in [0.05, 0.1) is 11.8 Å². The van der Waals surface area contributed by atoms with Crippen LogP contribution < -0.4 is 5.32 Å². The number of carboxylic acids is 1. The fourth-order valence-electron chi connectivity index (χ4n) is 1.66. The lowest BCUT2D eigenvalue weighted by Crippen LogP contribution is -2.25. The topological polar surface area (TPSA) is 79.5 Å². The van der Waals surface area contributed by atoms with Crippen LogP contribution in [0.3, 0.4) is 0 Å². The van der Waals surface area contributed by atoms with Gasteiger partial charge in [-0.1, -0.05) is 6.92 Å². The molecule has 1 atom stereocenters. The Labute approximate surface area is 106 Å². The Morgan fingerprint density at radius 2 is 2.17 bits per heavy atom. The van der Waals surface area contributed by atoms with E-state index in [2.05, 4.69) is 5.32 Å². The molecule has 0 saturated carbocycles. The maximum Gasteiger partial charge on any atom is 0.303 e. The minimum Gasteiger partial charge on any atom is -0.481 e. The molecule has 2 N–H and O–H groups in total. The van der Waals surface area contributed by atoms with E-state index in [1.807, 2.05) is 6.92 Å². The standard InChI is InChI=1S/C13H19NO4/c1-9(3-4-12(15)16)5-7-14-13(17)11-6-8-18-10(11)2/h6,8-9H,3-5,7H2,1-2H3,(H,14,17)(H,15,16). The molecule has 0 fully saturated rings. The van der Waals surface area contributed by atoms with Crippen LogP contribution in [0.25, 0.3) is 0 Å². The maximum absolute atomic E-state index is 11.7. The number of carbonyl (C=O) groups excluding carboxylic acids is 1. The Hall–Kier alpha value is -1.78. The van der Waals surface area contributed by atoms with Gasteiger partial charge in [-0.05, 0) is 31.7 Å². The highest BCUT2D eigenvalue weighted by Gasteiger charge is 2.11. The second-order valence-electron chi connectivity index (χ2n) is 4.47. The Balaban J connectivity index is 2.24. The molecule has 100 valence electrons. The molecule has 1 amide bonds. The number of carboxylic acid groups (broad SMARTS) is 1. The summed E-state index contributed by atoms with van der Waals surface area (Å²) in [5.74, 6) is -0.0372. The molecule has 1 unspecified atom stereocenters. The van der Waals surface area contributed by atoms with Crippen LogP contribution in [-0.4, -0.2) is 23.5 Å². The first kappa shape index (κ1) is 14.3. The third-order valence-corrected chi connectivity index (χ3v) is 2.88. The molecule has 18 heavy (non-hydrogen) atoms. The fourth-order valence-corrected chi connectivity index (χ4v) is 1.66. The Kier molecular flexibility index (Phi) is 5.42. The van der Waals surface area contributed by atoms with Crippen LogP contribution in [0.2, 0.25) is 0 Å². The van der Waals surface area contributed by atoms with Crippen LogP contribution in [-0.2, 0) is 4.79 Å². The second-order valence-corrected chi connectivity index (χ2v) is 4.47. The van der Waals surface area contributed by atoms with Crippen LogP contribution in [0.5, 0.6) is 0 Å². The summed E-state index contributed by atoms with van der Waals surface area (Å²) in [6, 6.07) is 1.64. The summed E-state index contributed by atoms with van der Waals surface area (Å²) >= 11 is 0. The van der Waals surface area contributed by atoms with Crippen molar-refractivity contribution < 1.29 is 19.1 Å². The van der Waals surface area contributed by atoms with Gasteiger partial charge in [-0.25, -0.2) is 0 Å². The van der Waals surface area contributed by atoms with Crippen molar-refractivity contribution in [1.29, 1.82) is 0 Å². The van der Waals surface area contributed by atoms with Gasteiger partial charge < -0.3 is 14.8 Å². The fraction of sp³-hybridized carbons (Fsp3) is 0.538. The number of carbonyl (C=O) groups is 2. The van der Waals surface area contributed by atoms with Crippen molar-refractivity contribution in [3.8, 4) is 0 Å². The molecule has 1 aromatic rings. The smallest absolute Gasteiger partial charge is 0.303 e.